The van der Waals surface area contributed by atoms with E-state index < -0.39 is 0 Å². The standard InChI is InChI=1S/C15H14/c1-2-11-9-13-8-7-12-5-3-4-6-14(12)15(13)10-11/h3-8,10H,2,9H2,1H3. The molecule has 0 spiro atoms. The minimum Gasteiger partial charge on any atom is -0.0655 e. The topological polar surface area (TPSA) is 0 Å². The van der Waals surface area contributed by atoms with E-state index in [1.165, 1.54) is 28.3 Å². The van der Waals surface area contributed by atoms with Crippen molar-refractivity contribution in [3.63, 3.8) is 0 Å². The fraction of sp³-hybridized carbons (Fsp3) is 0.200. The number of allylic oxidation sites excluding steroid dienone is 1. The fourth-order valence-electron chi connectivity index (χ4n) is 2.39. The van der Waals surface area contributed by atoms with E-state index in [0.717, 1.165) is 6.42 Å². The van der Waals surface area contributed by atoms with Gasteiger partial charge in [-0.1, -0.05) is 55.0 Å². The molecule has 1 aliphatic carbocycles. The summed E-state index contributed by atoms with van der Waals surface area (Å²) in [7, 11) is 0. The molecule has 1 aliphatic rings. The zero-order chi connectivity index (χ0) is 10.3. The van der Waals surface area contributed by atoms with Crippen molar-refractivity contribution in [3.05, 3.63) is 53.1 Å². The van der Waals surface area contributed by atoms with Crippen LogP contribution in [0.25, 0.3) is 16.8 Å². The van der Waals surface area contributed by atoms with Crippen molar-refractivity contribution in [3.8, 4) is 0 Å². The molecule has 0 N–H and O–H groups in total. The molecule has 15 heavy (non-hydrogen) atoms. The molecule has 2 aromatic rings. The molecular weight excluding hydrogens is 180 g/mol. The van der Waals surface area contributed by atoms with Crippen molar-refractivity contribution in [1.82, 2.24) is 0 Å². The highest BCUT2D eigenvalue weighted by atomic mass is 14.2. The van der Waals surface area contributed by atoms with Crippen molar-refractivity contribution in [2.45, 2.75) is 19.8 Å². The maximum atomic E-state index is 2.37. The lowest BCUT2D eigenvalue weighted by atomic mass is 10.0. The van der Waals surface area contributed by atoms with Gasteiger partial charge in [0.15, 0.2) is 0 Å². The molecule has 0 unspecified atom stereocenters. The molecule has 0 heterocycles. The van der Waals surface area contributed by atoms with Gasteiger partial charge < -0.3 is 0 Å². The Kier molecular flexibility index (Phi) is 1.88. The maximum Gasteiger partial charge on any atom is -0.00577 e. The molecule has 0 atom stereocenters. The minimum atomic E-state index is 1.15. The van der Waals surface area contributed by atoms with E-state index in [1.54, 1.807) is 5.57 Å². The average molecular weight is 194 g/mol. The van der Waals surface area contributed by atoms with Gasteiger partial charge in [-0.05, 0) is 34.7 Å². The lowest BCUT2D eigenvalue weighted by Gasteiger charge is -2.03. The highest BCUT2D eigenvalue weighted by molar-refractivity contribution is 5.93. The molecule has 0 nitrogen and oxygen atoms in total. The summed E-state index contributed by atoms with van der Waals surface area (Å²) in [5, 5.41) is 2.75. The van der Waals surface area contributed by atoms with Gasteiger partial charge >= 0.3 is 0 Å². The zero-order valence-corrected chi connectivity index (χ0v) is 8.96. The summed E-state index contributed by atoms with van der Waals surface area (Å²) >= 11 is 0. The Morgan fingerprint density at radius 3 is 2.80 bits per heavy atom. The first-order valence-electron chi connectivity index (χ1n) is 5.58. The van der Waals surface area contributed by atoms with Crippen molar-refractivity contribution < 1.29 is 0 Å². The molecule has 0 amide bonds. The van der Waals surface area contributed by atoms with Gasteiger partial charge in [0.1, 0.15) is 0 Å². The molecule has 0 saturated carbocycles. The molecule has 0 bridgehead atoms. The number of benzene rings is 2. The van der Waals surface area contributed by atoms with E-state index in [0.29, 0.717) is 0 Å². The van der Waals surface area contributed by atoms with E-state index in [2.05, 4.69) is 49.4 Å². The van der Waals surface area contributed by atoms with E-state index in [4.69, 9.17) is 0 Å². The normalized spacial score (nSPS) is 14.1. The molecule has 74 valence electrons. The Bertz CT molecular complexity index is 547. The van der Waals surface area contributed by atoms with Crippen molar-refractivity contribution in [2.24, 2.45) is 0 Å². The first kappa shape index (κ1) is 8.72. The Morgan fingerprint density at radius 2 is 1.93 bits per heavy atom. The third-order valence-corrected chi connectivity index (χ3v) is 3.28. The first-order valence-corrected chi connectivity index (χ1v) is 5.58. The Hall–Kier alpha value is -1.56. The summed E-state index contributed by atoms with van der Waals surface area (Å²) in [6.45, 7) is 2.24. The Balaban J connectivity index is 2.31. The van der Waals surface area contributed by atoms with Crippen LogP contribution in [0, 0.1) is 0 Å². The third-order valence-electron chi connectivity index (χ3n) is 3.28. The summed E-state index contributed by atoms with van der Waals surface area (Å²) in [4.78, 5) is 0. The fourth-order valence-corrected chi connectivity index (χ4v) is 2.39. The maximum absolute atomic E-state index is 2.37. The summed E-state index contributed by atoms with van der Waals surface area (Å²) in [6, 6.07) is 13.2. The van der Waals surface area contributed by atoms with Crippen LogP contribution >= 0.6 is 0 Å². The van der Waals surface area contributed by atoms with E-state index >= 15 is 0 Å². The summed E-state index contributed by atoms with van der Waals surface area (Å²) in [6.07, 6.45) is 4.69. The third kappa shape index (κ3) is 1.29. The number of rotatable bonds is 1. The van der Waals surface area contributed by atoms with Gasteiger partial charge in [0, 0.05) is 0 Å². The largest absolute Gasteiger partial charge is 0.0655 e. The van der Waals surface area contributed by atoms with Crippen molar-refractivity contribution in [1.29, 1.82) is 0 Å². The van der Waals surface area contributed by atoms with Crippen LogP contribution in [0.3, 0.4) is 0 Å². The number of fused-ring (bicyclic) bond motifs is 3. The van der Waals surface area contributed by atoms with Gasteiger partial charge in [-0.3, -0.25) is 0 Å². The minimum absolute atomic E-state index is 1.15. The van der Waals surface area contributed by atoms with Crippen LogP contribution in [-0.2, 0) is 6.42 Å². The molecule has 0 aromatic heterocycles. The van der Waals surface area contributed by atoms with Gasteiger partial charge in [-0.15, -0.1) is 0 Å². The highest BCUT2D eigenvalue weighted by Crippen LogP contribution is 2.32. The Labute approximate surface area is 90.2 Å². The van der Waals surface area contributed by atoms with E-state index in [9.17, 15) is 0 Å². The predicted octanol–water partition coefficient (Wildman–Crippen LogP) is 4.19. The second-order valence-electron chi connectivity index (χ2n) is 4.19. The van der Waals surface area contributed by atoms with Crippen molar-refractivity contribution >= 4 is 16.8 Å². The number of hydrogen-bond acceptors (Lipinski definition) is 0. The van der Waals surface area contributed by atoms with Gasteiger partial charge in [0.2, 0.25) is 0 Å². The van der Waals surface area contributed by atoms with Gasteiger partial charge in [-0.2, -0.15) is 0 Å². The molecule has 0 radical (unpaired) electrons. The molecule has 2 aromatic carbocycles. The SMILES string of the molecule is CCC1=Cc2c(ccc3ccccc23)C1. The monoisotopic (exact) mass is 194 g/mol. The molecule has 0 saturated heterocycles. The van der Waals surface area contributed by atoms with Gasteiger partial charge in [0.25, 0.3) is 0 Å². The second kappa shape index (κ2) is 3.23. The van der Waals surface area contributed by atoms with Crippen LogP contribution in [0.1, 0.15) is 24.5 Å². The lowest BCUT2D eigenvalue weighted by molar-refractivity contribution is 1.04. The van der Waals surface area contributed by atoms with Crippen LogP contribution in [0.2, 0.25) is 0 Å². The predicted molar refractivity (Wildman–Crippen MR) is 65.9 cm³/mol. The molecule has 0 fully saturated rings. The van der Waals surface area contributed by atoms with Crippen LogP contribution in [-0.4, -0.2) is 0 Å². The van der Waals surface area contributed by atoms with E-state index in [-0.39, 0.29) is 0 Å². The molecule has 0 aliphatic heterocycles. The summed E-state index contributed by atoms with van der Waals surface area (Å²) in [5.41, 5.74) is 4.50. The zero-order valence-electron chi connectivity index (χ0n) is 8.96. The first-order chi connectivity index (χ1) is 7.38. The Morgan fingerprint density at radius 1 is 1.07 bits per heavy atom. The molecule has 0 heteroatoms. The highest BCUT2D eigenvalue weighted by Gasteiger charge is 2.13. The molecule has 3 rings (SSSR count). The summed E-state index contributed by atoms with van der Waals surface area (Å²) in [5.74, 6) is 0. The summed E-state index contributed by atoms with van der Waals surface area (Å²) < 4.78 is 0. The lowest BCUT2D eigenvalue weighted by Crippen LogP contribution is -1.84. The molecular formula is C15H14. The van der Waals surface area contributed by atoms with Crippen LogP contribution in [0.4, 0.5) is 0 Å². The van der Waals surface area contributed by atoms with Gasteiger partial charge in [0.05, 0.1) is 0 Å². The van der Waals surface area contributed by atoms with Crippen molar-refractivity contribution in [2.75, 3.05) is 0 Å². The quantitative estimate of drug-likeness (QED) is 0.638. The van der Waals surface area contributed by atoms with E-state index in [1.807, 2.05) is 0 Å². The van der Waals surface area contributed by atoms with Crippen LogP contribution < -0.4 is 0 Å². The second-order valence-corrected chi connectivity index (χ2v) is 4.19. The van der Waals surface area contributed by atoms with Crippen LogP contribution in [0.5, 0.6) is 0 Å². The number of hydrogen-bond donors (Lipinski definition) is 0. The average Bonchev–Trinajstić information content (AvgIpc) is 2.72. The van der Waals surface area contributed by atoms with Gasteiger partial charge in [-0.25, -0.2) is 0 Å². The van der Waals surface area contributed by atoms with Crippen LogP contribution in [0.15, 0.2) is 42.0 Å². The smallest absolute Gasteiger partial charge is 0.00577 e.